The summed E-state index contributed by atoms with van der Waals surface area (Å²) in [6.45, 7) is 5.21. The predicted molar refractivity (Wildman–Crippen MR) is 35.6 cm³/mol. The van der Waals surface area contributed by atoms with E-state index in [1.165, 1.54) is 6.92 Å². The molecule has 0 spiro atoms. The zero-order valence-corrected chi connectivity index (χ0v) is 6.46. The van der Waals surface area contributed by atoms with Crippen molar-refractivity contribution in [2.75, 3.05) is 0 Å². The topological polar surface area (TPSA) is 38.8 Å². The van der Waals surface area contributed by atoms with E-state index in [-0.39, 0.29) is 24.3 Å². The van der Waals surface area contributed by atoms with Gasteiger partial charge < -0.3 is 9.47 Å². The molecule has 1 fully saturated rings. The molecular weight excluding hydrogens is 132 g/mol. The summed E-state index contributed by atoms with van der Waals surface area (Å²) in [4.78, 5) is 10.4. The molecule has 58 valence electrons. The van der Waals surface area contributed by atoms with Gasteiger partial charge in [0, 0.05) is 6.92 Å². The van der Waals surface area contributed by atoms with Gasteiger partial charge >= 0.3 is 5.97 Å². The van der Waals surface area contributed by atoms with Gasteiger partial charge in [0.1, 0.15) is 12.2 Å². The number of hydrogen-bond donors (Lipinski definition) is 0. The van der Waals surface area contributed by atoms with Crippen molar-refractivity contribution in [3.05, 3.63) is 0 Å². The number of ether oxygens (including phenoxy) is 2. The largest absolute Gasteiger partial charge is 0.460 e. The number of esters is 1. The summed E-state index contributed by atoms with van der Waals surface area (Å²) >= 11 is 0. The second-order valence-electron chi connectivity index (χ2n) is 2.62. The van der Waals surface area contributed by atoms with Crippen LogP contribution in [0.25, 0.3) is 0 Å². The third-order valence-corrected chi connectivity index (χ3v) is 1.57. The van der Waals surface area contributed by atoms with Crippen molar-refractivity contribution >= 4 is 5.97 Å². The van der Waals surface area contributed by atoms with Crippen LogP contribution in [0.1, 0.15) is 20.8 Å². The Kier molecular flexibility index (Phi) is 1.94. The first kappa shape index (κ1) is 7.54. The Balaban J connectivity index is 2.22. The number of carbonyl (C=O) groups excluding carboxylic acids is 1. The van der Waals surface area contributed by atoms with Crippen LogP contribution in [0.4, 0.5) is 0 Å². The SMILES string of the molecule is CC(=O)O[C@H](C)[C@H]1O[C@@H]1C. The first-order valence-electron chi connectivity index (χ1n) is 3.44. The standard InChI is InChI=1S/C7H12O3/c1-4(9-6(3)8)7-5(2)10-7/h4-5,7H,1-3H3/t4-,5-,7-/m1/s1. The summed E-state index contributed by atoms with van der Waals surface area (Å²) in [5, 5.41) is 0. The Labute approximate surface area is 60.3 Å². The van der Waals surface area contributed by atoms with Gasteiger partial charge in [0.15, 0.2) is 0 Å². The van der Waals surface area contributed by atoms with Crippen molar-refractivity contribution < 1.29 is 14.3 Å². The van der Waals surface area contributed by atoms with Crippen LogP contribution in [0, 0.1) is 0 Å². The molecule has 0 aromatic heterocycles. The molecule has 1 saturated heterocycles. The average Bonchev–Trinajstić information content (AvgIpc) is 2.44. The maximum Gasteiger partial charge on any atom is 0.302 e. The molecule has 0 unspecified atom stereocenters. The van der Waals surface area contributed by atoms with E-state index in [0.717, 1.165) is 0 Å². The molecule has 0 N–H and O–H groups in total. The number of rotatable bonds is 2. The van der Waals surface area contributed by atoms with E-state index in [0.29, 0.717) is 0 Å². The molecule has 0 bridgehead atoms. The summed E-state index contributed by atoms with van der Waals surface area (Å²) < 4.78 is 9.98. The minimum absolute atomic E-state index is 0.0903. The van der Waals surface area contributed by atoms with Gasteiger partial charge in [0.05, 0.1) is 6.10 Å². The molecular formula is C7H12O3. The fraction of sp³-hybridized carbons (Fsp3) is 0.857. The second-order valence-corrected chi connectivity index (χ2v) is 2.62. The van der Waals surface area contributed by atoms with Gasteiger partial charge in [-0.25, -0.2) is 0 Å². The molecule has 0 amide bonds. The summed E-state index contributed by atoms with van der Waals surface area (Å²) in [5.74, 6) is -0.241. The van der Waals surface area contributed by atoms with E-state index in [9.17, 15) is 4.79 Å². The van der Waals surface area contributed by atoms with Gasteiger partial charge in [-0.05, 0) is 13.8 Å². The van der Waals surface area contributed by atoms with Crippen LogP contribution in [0.2, 0.25) is 0 Å². The van der Waals surface area contributed by atoms with Crippen molar-refractivity contribution in [3.63, 3.8) is 0 Å². The van der Waals surface area contributed by atoms with Crippen LogP contribution < -0.4 is 0 Å². The van der Waals surface area contributed by atoms with E-state index in [2.05, 4.69) is 0 Å². The first-order chi connectivity index (χ1) is 4.61. The van der Waals surface area contributed by atoms with Crippen molar-refractivity contribution in [2.45, 2.75) is 39.1 Å². The number of carbonyl (C=O) groups is 1. The van der Waals surface area contributed by atoms with E-state index in [4.69, 9.17) is 9.47 Å². The summed E-state index contributed by atoms with van der Waals surface area (Å²) in [7, 11) is 0. The van der Waals surface area contributed by atoms with E-state index in [1.54, 1.807) is 0 Å². The predicted octanol–water partition coefficient (Wildman–Crippen LogP) is 0.725. The summed E-state index contributed by atoms with van der Waals surface area (Å²) in [6.07, 6.45) is 0.297. The van der Waals surface area contributed by atoms with Gasteiger partial charge in [0.2, 0.25) is 0 Å². The third-order valence-electron chi connectivity index (χ3n) is 1.57. The maximum atomic E-state index is 10.4. The lowest BCUT2D eigenvalue weighted by atomic mass is 10.2. The highest BCUT2D eigenvalue weighted by Gasteiger charge is 2.40. The molecule has 1 heterocycles. The van der Waals surface area contributed by atoms with Crippen molar-refractivity contribution in [2.24, 2.45) is 0 Å². The molecule has 10 heavy (non-hydrogen) atoms. The van der Waals surface area contributed by atoms with Crippen LogP contribution in [-0.2, 0) is 14.3 Å². The molecule has 1 rings (SSSR count). The van der Waals surface area contributed by atoms with Crippen molar-refractivity contribution in [1.29, 1.82) is 0 Å². The third kappa shape index (κ3) is 1.70. The fourth-order valence-electron chi connectivity index (χ4n) is 1.02. The minimum Gasteiger partial charge on any atom is -0.460 e. The fourth-order valence-corrected chi connectivity index (χ4v) is 1.02. The lowest BCUT2D eigenvalue weighted by molar-refractivity contribution is -0.146. The van der Waals surface area contributed by atoms with Crippen LogP contribution in [0.3, 0.4) is 0 Å². The summed E-state index contributed by atoms with van der Waals surface area (Å²) in [6, 6.07) is 0. The molecule has 3 heteroatoms. The smallest absolute Gasteiger partial charge is 0.302 e. The Morgan fingerprint density at radius 2 is 2.20 bits per heavy atom. The Morgan fingerprint density at radius 3 is 2.50 bits per heavy atom. The normalized spacial score (nSPS) is 33.1. The first-order valence-corrected chi connectivity index (χ1v) is 3.44. The van der Waals surface area contributed by atoms with Crippen molar-refractivity contribution in [3.8, 4) is 0 Å². The lowest BCUT2D eigenvalue weighted by Gasteiger charge is -2.07. The quantitative estimate of drug-likeness (QED) is 0.423. The molecule has 0 radical (unpaired) electrons. The maximum absolute atomic E-state index is 10.4. The van der Waals surface area contributed by atoms with E-state index in [1.807, 2.05) is 13.8 Å². The van der Waals surface area contributed by atoms with Gasteiger partial charge in [-0.15, -0.1) is 0 Å². The summed E-state index contributed by atoms with van der Waals surface area (Å²) in [5.41, 5.74) is 0. The zero-order valence-electron chi connectivity index (χ0n) is 6.46. The zero-order chi connectivity index (χ0) is 7.72. The molecule has 1 aliphatic rings. The molecule has 0 aromatic carbocycles. The molecule has 0 saturated carbocycles. The van der Waals surface area contributed by atoms with E-state index >= 15 is 0 Å². The second kappa shape index (κ2) is 2.58. The molecule has 1 aliphatic heterocycles. The van der Waals surface area contributed by atoms with Crippen LogP contribution in [0.15, 0.2) is 0 Å². The van der Waals surface area contributed by atoms with Crippen LogP contribution in [-0.4, -0.2) is 24.3 Å². The van der Waals surface area contributed by atoms with Gasteiger partial charge in [-0.3, -0.25) is 4.79 Å². The van der Waals surface area contributed by atoms with Crippen molar-refractivity contribution in [1.82, 2.24) is 0 Å². The number of epoxide rings is 1. The van der Waals surface area contributed by atoms with E-state index < -0.39 is 0 Å². The lowest BCUT2D eigenvalue weighted by Crippen LogP contribution is -2.19. The van der Waals surface area contributed by atoms with Crippen LogP contribution in [0.5, 0.6) is 0 Å². The Morgan fingerprint density at radius 1 is 1.70 bits per heavy atom. The highest BCUT2D eigenvalue weighted by atomic mass is 16.6. The Hall–Kier alpha value is -0.570. The molecule has 0 aliphatic carbocycles. The van der Waals surface area contributed by atoms with Gasteiger partial charge in [-0.2, -0.15) is 0 Å². The molecule has 0 aromatic rings. The highest BCUT2D eigenvalue weighted by molar-refractivity contribution is 5.66. The molecule has 3 nitrogen and oxygen atoms in total. The number of hydrogen-bond acceptors (Lipinski definition) is 3. The highest BCUT2D eigenvalue weighted by Crippen LogP contribution is 2.25. The monoisotopic (exact) mass is 144 g/mol. The van der Waals surface area contributed by atoms with Gasteiger partial charge in [0.25, 0.3) is 0 Å². The molecule has 3 atom stereocenters. The van der Waals surface area contributed by atoms with Crippen LogP contribution >= 0.6 is 0 Å². The van der Waals surface area contributed by atoms with Gasteiger partial charge in [-0.1, -0.05) is 0 Å². The average molecular weight is 144 g/mol. The minimum atomic E-state index is -0.241. The Bertz CT molecular complexity index is 144.